The summed E-state index contributed by atoms with van der Waals surface area (Å²) in [5.41, 5.74) is 5.41. The molecule has 0 radical (unpaired) electrons. The largest absolute Gasteiger partial charge is 0.460 e. The van der Waals surface area contributed by atoms with Crippen LogP contribution >= 0.6 is 0 Å². The molecule has 1 aliphatic rings. The quantitative estimate of drug-likeness (QED) is 0.690. The zero-order chi connectivity index (χ0) is 10.8. The van der Waals surface area contributed by atoms with Crippen molar-refractivity contribution in [3.05, 3.63) is 0 Å². The van der Waals surface area contributed by atoms with Crippen molar-refractivity contribution in [1.29, 1.82) is 0 Å². The lowest BCUT2D eigenvalue weighted by Gasteiger charge is -2.20. The molecule has 2 unspecified atom stereocenters. The summed E-state index contributed by atoms with van der Waals surface area (Å²) in [4.78, 5) is 11.5. The van der Waals surface area contributed by atoms with Gasteiger partial charge in [-0.15, -0.1) is 0 Å². The molecule has 0 bridgehead atoms. The van der Waals surface area contributed by atoms with Gasteiger partial charge < -0.3 is 10.5 Å². The maximum Gasteiger partial charge on any atom is 0.306 e. The van der Waals surface area contributed by atoms with Crippen LogP contribution in [0, 0.1) is 5.92 Å². The molecule has 1 saturated carbocycles. The highest BCUT2D eigenvalue weighted by Crippen LogP contribution is 2.27. The van der Waals surface area contributed by atoms with E-state index < -0.39 is 0 Å². The Balaban J connectivity index is 2.27. The first kappa shape index (κ1) is 11.5. The van der Waals surface area contributed by atoms with E-state index in [0.717, 1.165) is 19.3 Å². The average molecular weight is 199 g/mol. The Morgan fingerprint density at radius 1 is 1.43 bits per heavy atom. The molecule has 1 aliphatic carbocycles. The van der Waals surface area contributed by atoms with Crippen molar-refractivity contribution in [3.8, 4) is 0 Å². The fourth-order valence-electron chi connectivity index (χ4n) is 1.92. The second-order valence-electron chi connectivity index (χ2n) is 5.23. The van der Waals surface area contributed by atoms with E-state index in [1.54, 1.807) is 0 Å². The van der Waals surface area contributed by atoms with Crippen LogP contribution in [0.25, 0.3) is 0 Å². The van der Waals surface area contributed by atoms with Crippen LogP contribution in [0.1, 0.15) is 46.5 Å². The summed E-state index contributed by atoms with van der Waals surface area (Å²) in [5, 5.41) is 0. The first-order valence-electron chi connectivity index (χ1n) is 5.34. The highest BCUT2D eigenvalue weighted by Gasteiger charge is 2.26. The third kappa shape index (κ3) is 4.09. The maximum absolute atomic E-state index is 11.5. The number of rotatable bonds is 2. The van der Waals surface area contributed by atoms with E-state index in [9.17, 15) is 4.79 Å². The van der Waals surface area contributed by atoms with Crippen molar-refractivity contribution in [2.75, 3.05) is 0 Å². The molecule has 3 heteroatoms. The second kappa shape index (κ2) is 4.30. The van der Waals surface area contributed by atoms with Crippen LogP contribution in [-0.2, 0) is 9.53 Å². The van der Waals surface area contributed by atoms with E-state index in [1.165, 1.54) is 0 Å². The highest BCUT2D eigenvalue weighted by molar-refractivity contribution is 5.70. The molecule has 0 heterocycles. The Morgan fingerprint density at radius 2 is 2.07 bits per heavy atom. The number of ether oxygens (including phenoxy) is 1. The van der Waals surface area contributed by atoms with Gasteiger partial charge in [-0.1, -0.05) is 0 Å². The predicted molar refractivity (Wildman–Crippen MR) is 55.8 cm³/mol. The summed E-state index contributed by atoms with van der Waals surface area (Å²) in [6, 6.07) is 0.294. The average Bonchev–Trinajstić information content (AvgIpc) is 2.30. The van der Waals surface area contributed by atoms with E-state index in [-0.39, 0.29) is 11.6 Å². The third-order valence-electron chi connectivity index (χ3n) is 2.46. The number of carbonyl (C=O) groups excluding carboxylic acids is 1. The van der Waals surface area contributed by atoms with Crippen molar-refractivity contribution in [2.45, 2.75) is 58.1 Å². The van der Waals surface area contributed by atoms with Crippen LogP contribution in [0.2, 0.25) is 0 Å². The molecule has 3 nitrogen and oxygen atoms in total. The topological polar surface area (TPSA) is 52.3 Å². The Kier molecular flexibility index (Phi) is 3.53. The second-order valence-corrected chi connectivity index (χ2v) is 5.23. The highest BCUT2D eigenvalue weighted by atomic mass is 16.6. The predicted octanol–water partition coefficient (Wildman–Crippen LogP) is 1.85. The molecule has 2 N–H and O–H groups in total. The van der Waals surface area contributed by atoms with Crippen LogP contribution in [-0.4, -0.2) is 17.6 Å². The van der Waals surface area contributed by atoms with E-state index in [4.69, 9.17) is 10.5 Å². The number of nitrogens with two attached hydrogens (primary N) is 1. The Hall–Kier alpha value is -0.570. The first-order chi connectivity index (χ1) is 6.37. The molecule has 82 valence electrons. The van der Waals surface area contributed by atoms with Crippen molar-refractivity contribution in [2.24, 2.45) is 11.7 Å². The van der Waals surface area contributed by atoms with Crippen LogP contribution in [0.15, 0.2) is 0 Å². The summed E-state index contributed by atoms with van der Waals surface area (Å²) in [6.45, 7) is 5.68. The van der Waals surface area contributed by atoms with Crippen molar-refractivity contribution in [3.63, 3.8) is 0 Å². The van der Waals surface area contributed by atoms with E-state index in [0.29, 0.717) is 18.4 Å². The van der Waals surface area contributed by atoms with Gasteiger partial charge in [0.25, 0.3) is 0 Å². The van der Waals surface area contributed by atoms with Gasteiger partial charge in [-0.3, -0.25) is 4.79 Å². The summed E-state index contributed by atoms with van der Waals surface area (Å²) >= 11 is 0. The van der Waals surface area contributed by atoms with Crippen LogP contribution in [0.3, 0.4) is 0 Å². The molecule has 0 aromatic carbocycles. The normalized spacial score (nSPS) is 27.7. The Labute approximate surface area is 86.0 Å². The van der Waals surface area contributed by atoms with Crippen molar-refractivity contribution < 1.29 is 9.53 Å². The van der Waals surface area contributed by atoms with Gasteiger partial charge >= 0.3 is 5.97 Å². The van der Waals surface area contributed by atoms with Gasteiger partial charge in [-0.05, 0) is 46.0 Å². The first-order valence-corrected chi connectivity index (χ1v) is 5.34. The molecule has 0 spiro atoms. The molecule has 0 aromatic heterocycles. The molecule has 2 atom stereocenters. The Bertz CT molecular complexity index is 208. The lowest BCUT2D eigenvalue weighted by molar-refractivity contribution is -0.155. The van der Waals surface area contributed by atoms with Gasteiger partial charge in [0.05, 0.1) is 0 Å². The number of carbonyl (C=O) groups is 1. The van der Waals surface area contributed by atoms with Crippen molar-refractivity contribution >= 4 is 5.97 Å². The number of esters is 1. The molecular weight excluding hydrogens is 178 g/mol. The van der Waals surface area contributed by atoms with Gasteiger partial charge in [0.2, 0.25) is 0 Å². The van der Waals surface area contributed by atoms with Crippen LogP contribution in [0.4, 0.5) is 0 Å². The molecule has 1 fully saturated rings. The number of hydrogen-bond acceptors (Lipinski definition) is 3. The molecular formula is C11H21NO2. The van der Waals surface area contributed by atoms with Gasteiger partial charge in [0.15, 0.2) is 0 Å². The van der Waals surface area contributed by atoms with Crippen molar-refractivity contribution in [1.82, 2.24) is 0 Å². The fraction of sp³-hybridized carbons (Fsp3) is 0.909. The zero-order valence-corrected chi connectivity index (χ0v) is 9.38. The minimum Gasteiger partial charge on any atom is -0.460 e. The summed E-state index contributed by atoms with van der Waals surface area (Å²) in [5.74, 6) is 0.358. The Morgan fingerprint density at radius 3 is 2.50 bits per heavy atom. The van der Waals surface area contributed by atoms with Gasteiger partial charge in [-0.2, -0.15) is 0 Å². The zero-order valence-electron chi connectivity index (χ0n) is 9.38. The van der Waals surface area contributed by atoms with E-state index in [1.807, 2.05) is 20.8 Å². The smallest absolute Gasteiger partial charge is 0.306 e. The van der Waals surface area contributed by atoms with E-state index in [2.05, 4.69) is 0 Å². The van der Waals surface area contributed by atoms with Gasteiger partial charge in [-0.25, -0.2) is 0 Å². The molecule has 0 aliphatic heterocycles. The molecule has 0 amide bonds. The summed E-state index contributed by atoms with van der Waals surface area (Å²) < 4.78 is 5.26. The lowest BCUT2D eigenvalue weighted by Crippen LogP contribution is -2.25. The van der Waals surface area contributed by atoms with E-state index >= 15 is 0 Å². The van der Waals surface area contributed by atoms with Crippen LogP contribution < -0.4 is 5.73 Å². The molecule has 0 saturated heterocycles. The molecule has 14 heavy (non-hydrogen) atoms. The minimum atomic E-state index is -0.363. The monoisotopic (exact) mass is 199 g/mol. The van der Waals surface area contributed by atoms with Crippen LogP contribution in [0.5, 0.6) is 0 Å². The standard InChI is InChI=1S/C11H21NO2/c1-11(2,3)14-10(13)7-8-4-5-9(12)6-8/h8-9H,4-7,12H2,1-3H3. The van der Waals surface area contributed by atoms with Gasteiger partial charge in [0, 0.05) is 12.5 Å². The molecule has 0 aromatic rings. The molecule has 1 rings (SSSR count). The minimum absolute atomic E-state index is 0.0865. The fourth-order valence-corrected chi connectivity index (χ4v) is 1.92. The third-order valence-corrected chi connectivity index (χ3v) is 2.46. The summed E-state index contributed by atoms with van der Waals surface area (Å²) in [6.07, 6.45) is 3.62. The maximum atomic E-state index is 11.5. The SMILES string of the molecule is CC(C)(C)OC(=O)CC1CCC(N)C1. The summed E-state index contributed by atoms with van der Waals surface area (Å²) in [7, 11) is 0. The lowest BCUT2D eigenvalue weighted by atomic mass is 10.0. The number of hydrogen-bond donors (Lipinski definition) is 1. The van der Waals surface area contributed by atoms with Gasteiger partial charge in [0.1, 0.15) is 5.60 Å².